The molecule has 0 atom stereocenters. The Morgan fingerprint density at radius 1 is 1.27 bits per heavy atom. The van der Waals surface area contributed by atoms with Crippen molar-refractivity contribution in [1.82, 2.24) is 9.78 Å². The maximum Gasteiger partial charge on any atom is 0.279 e. The molecule has 0 radical (unpaired) electrons. The van der Waals surface area contributed by atoms with Crippen LogP contribution in [0, 0.1) is 0 Å². The lowest BCUT2D eigenvalue weighted by molar-refractivity contribution is 0.309. The molecule has 1 heterocycles. The monoisotopic (exact) mass is 414 g/mol. The zero-order valence-electron chi connectivity index (χ0n) is 14.6. The standard InChI is InChI=1S/C20H19BrN2O3/c1-4-26-19-17(21)11-14(12-18(19)25-3)10-16-13(2)22-23(20(16)24)15-8-6-5-7-9-15/h5-12,22H,2,4H2,1,3H3/b16-10+. The number of aromatic amines is 1. The van der Waals surface area contributed by atoms with E-state index in [1.165, 1.54) is 4.68 Å². The van der Waals surface area contributed by atoms with Gasteiger partial charge in [0.15, 0.2) is 11.5 Å². The van der Waals surface area contributed by atoms with Crippen molar-refractivity contribution in [3.05, 3.63) is 73.4 Å². The maximum atomic E-state index is 12.8. The highest BCUT2D eigenvalue weighted by Gasteiger charge is 2.11. The van der Waals surface area contributed by atoms with E-state index in [0.717, 1.165) is 15.7 Å². The van der Waals surface area contributed by atoms with Gasteiger partial charge in [-0.2, -0.15) is 0 Å². The zero-order valence-corrected chi connectivity index (χ0v) is 16.2. The minimum atomic E-state index is -0.162. The quantitative estimate of drug-likeness (QED) is 0.697. The summed E-state index contributed by atoms with van der Waals surface area (Å²) in [6, 6.07) is 13.1. The normalized spacial score (nSPS) is 11.6. The highest BCUT2D eigenvalue weighted by molar-refractivity contribution is 9.10. The van der Waals surface area contributed by atoms with Crippen LogP contribution in [0.3, 0.4) is 0 Å². The van der Waals surface area contributed by atoms with E-state index < -0.39 is 0 Å². The SMILES string of the molecule is C=c1[nH]n(-c2ccccc2)c(=O)/c1=C/c1cc(Br)c(OCC)c(OC)c1. The van der Waals surface area contributed by atoms with Crippen molar-refractivity contribution in [2.75, 3.05) is 13.7 Å². The lowest BCUT2D eigenvalue weighted by atomic mass is 10.1. The predicted molar refractivity (Wildman–Crippen MR) is 107 cm³/mol. The van der Waals surface area contributed by atoms with Gasteiger partial charge < -0.3 is 9.47 Å². The van der Waals surface area contributed by atoms with Crippen molar-refractivity contribution in [3.63, 3.8) is 0 Å². The fourth-order valence-electron chi connectivity index (χ4n) is 2.68. The smallest absolute Gasteiger partial charge is 0.279 e. The number of halogens is 1. The van der Waals surface area contributed by atoms with Crippen molar-refractivity contribution in [1.29, 1.82) is 0 Å². The summed E-state index contributed by atoms with van der Waals surface area (Å²) in [7, 11) is 1.58. The van der Waals surface area contributed by atoms with Gasteiger partial charge in [-0.05, 0) is 58.8 Å². The topological polar surface area (TPSA) is 56.2 Å². The van der Waals surface area contributed by atoms with Gasteiger partial charge in [-0.25, -0.2) is 4.68 Å². The lowest BCUT2D eigenvalue weighted by Crippen LogP contribution is -2.33. The molecule has 134 valence electrons. The van der Waals surface area contributed by atoms with Crippen molar-refractivity contribution in [2.45, 2.75) is 6.92 Å². The second-order valence-electron chi connectivity index (χ2n) is 5.59. The first-order valence-electron chi connectivity index (χ1n) is 8.12. The van der Waals surface area contributed by atoms with Gasteiger partial charge in [0, 0.05) is 0 Å². The van der Waals surface area contributed by atoms with Crippen LogP contribution in [0.1, 0.15) is 12.5 Å². The summed E-state index contributed by atoms with van der Waals surface area (Å²) in [5, 5.41) is 4.06. The van der Waals surface area contributed by atoms with Gasteiger partial charge in [-0.1, -0.05) is 24.8 Å². The predicted octanol–water partition coefficient (Wildman–Crippen LogP) is 2.57. The van der Waals surface area contributed by atoms with E-state index in [-0.39, 0.29) is 5.56 Å². The Kier molecular flexibility index (Phi) is 5.32. The van der Waals surface area contributed by atoms with Gasteiger partial charge >= 0.3 is 0 Å². The molecule has 5 nitrogen and oxygen atoms in total. The van der Waals surface area contributed by atoms with Gasteiger partial charge in [0.1, 0.15) is 0 Å². The fourth-order valence-corrected chi connectivity index (χ4v) is 3.25. The van der Waals surface area contributed by atoms with E-state index in [2.05, 4.69) is 27.6 Å². The van der Waals surface area contributed by atoms with Gasteiger partial charge in [0.25, 0.3) is 5.56 Å². The van der Waals surface area contributed by atoms with Gasteiger partial charge in [-0.3, -0.25) is 9.89 Å². The molecular formula is C20H19BrN2O3. The molecule has 0 saturated heterocycles. The average Bonchev–Trinajstić information content (AvgIpc) is 2.92. The number of nitrogens with one attached hydrogen (secondary N) is 1. The van der Waals surface area contributed by atoms with Crippen LogP contribution < -0.4 is 25.6 Å². The average molecular weight is 415 g/mol. The number of benzene rings is 2. The summed E-state index contributed by atoms with van der Waals surface area (Å²) >= 11 is 3.50. The molecule has 3 rings (SSSR count). The summed E-state index contributed by atoms with van der Waals surface area (Å²) in [5.74, 6) is 1.23. The third-order valence-electron chi connectivity index (χ3n) is 3.87. The summed E-state index contributed by atoms with van der Waals surface area (Å²) < 4.78 is 13.3. The minimum Gasteiger partial charge on any atom is -0.493 e. The number of hydrogen-bond acceptors (Lipinski definition) is 3. The number of methoxy groups -OCH3 is 1. The molecule has 0 unspecified atom stereocenters. The molecule has 6 heteroatoms. The molecule has 1 N–H and O–H groups in total. The number of para-hydroxylation sites is 1. The van der Waals surface area contributed by atoms with Crippen LogP contribution >= 0.6 is 15.9 Å². The molecule has 3 aromatic rings. The van der Waals surface area contributed by atoms with E-state index in [4.69, 9.17) is 9.47 Å². The first-order chi connectivity index (χ1) is 12.5. The highest BCUT2D eigenvalue weighted by Crippen LogP contribution is 2.36. The van der Waals surface area contributed by atoms with E-state index in [9.17, 15) is 4.79 Å². The van der Waals surface area contributed by atoms with Crippen LogP contribution in [-0.2, 0) is 0 Å². The van der Waals surface area contributed by atoms with Crippen molar-refractivity contribution in [3.8, 4) is 17.2 Å². The Hall–Kier alpha value is -2.73. The fraction of sp³-hybridized carbons (Fsp3) is 0.150. The van der Waals surface area contributed by atoms with Crippen LogP contribution in [0.4, 0.5) is 0 Å². The summed E-state index contributed by atoms with van der Waals surface area (Å²) in [6.07, 6.45) is 1.78. The summed E-state index contributed by atoms with van der Waals surface area (Å²) in [6.45, 7) is 6.40. The van der Waals surface area contributed by atoms with E-state index in [1.54, 1.807) is 13.2 Å². The van der Waals surface area contributed by atoms with Gasteiger partial charge in [0.2, 0.25) is 0 Å². The van der Waals surface area contributed by atoms with Crippen LogP contribution in [0.2, 0.25) is 0 Å². The van der Waals surface area contributed by atoms with E-state index >= 15 is 0 Å². The van der Waals surface area contributed by atoms with Crippen molar-refractivity contribution >= 4 is 28.6 Å². The third kappa shape index (κ3) is 3.46. The van der Waals surface area contributed by atoms with Crippen LogP contribution in [0.15, 0.2) is 51.7 Å². The molecular weight excluding hydrogens is 396 g/mol. The molecule has 0 bridgehead atoms. The number of ether oxygens (including phenoxy) is 2. The Morgan fingerprint density at radius 2 is 2.00 bits per heavy atom. The second kappa shape index (κ2) is 7.66. The Bertz CT molecular complexity index is 1080. The molecule has 0 fully saturated rings. The first-order valence-corrected chi connectivity index (χ1v) is 8.92. The van der Waals surface area contributed by atoms with Gasteiger partial charge in [-0.15, -0.1) is 0 Å². The van der Waals surface area contributed by atoms with Gasteiger partial charge in [0.05, 0.1) is 34.4 Å². The molecule has 0 aliphatic heterocycles. The molecule has 0 saturated carbocycles. The van der Waals surface area contributed by atoms with Crippen LogP contribution in [0.25, 0.3) is 18.3 Å². The summed E-state index contributed by atoms with van der Waals surface area (Å²) in [4.78, 5) is 12.8. The first kappa shape index (κ1) is 18.1. The number of hydrogen-bond donors (Lipinski definition) is 1. The molecule has 0 aliphatic rings. The van der Waals surface area contributed by atoms with E-state index in [1.807, 2.05) is 49.4 Å². The van der Waals surface area contributed by atoms with E-state index in [0.29, 0.717) is 28.7 Å². The lowest BCUT2D eigenvalue weighted by Gasteiger charge is -2.12. The zero-order chi connectivity index (χ0) is 18.7. The maximum absolute atomic E-state index is 12.8. The van der Waals surface area contributed by atoms with Crippen molar-refractivity contribution in [2.24, 2.45) is 0 Å². The van der Waals surface area contributed by atoms with Crippen molar-refractivity contribution < 1.29 is 9.47 Å². The number of H-pyrrole nitrogens is 1. The Balaban J connectivity index is 2.15. The Labute approximate surface area is 159 Å². The molecule has 26 heavy (non-hydrogen) atoms. The Morgan fingerprint density at radius 3 is 2.65 bits per heavy atom. The van der Waals surface area contributed by atoms with Crippen LogP contribution in [0.5, 0.6) is 11.5 Å². The molecule has 1 aromatic heterocycles. The largest absolute Gasteiger partial charge is 0.493 e. The molecule has 0 amide bonds. The third-order valence-corrected chi connectivity index (χ3v) is 4.46. The number of nitrogens with zero attached hydrogens (tertiary/aromatic N) is 1. The molecule has 0 aliphatic carbocycles. The molecule has 2 aromatic carbocycles. The second-order valence-corrected chi connectivity index (χ2v) is 6.45. The number of aromatic nitrogens is 2. The van der Waals surface area contributed by atoms with Crippen LogP contribution in [-0.4, -0.2) is 23.5 Å². The molecule has 0 spiro atoms. The number of rotatable bonds is 5. The highest BCUT2D eigenvalue weighted by atomic mass is 79.9. The minimum absolute atomic E-state index is 0.162. The summed E-state index contributed by atoms with van der Waals surface area (Å²) in [5.41, 5.74) is 1.40.